The van der Waals surface area contributed by atoms with Gasteiger partial charge in [0.15, 0.2) is 11.5 Å². The Hall–Kier alpha value is -2.73. The fraction of sp³-hybridized carbons (Fsp3) is 0.381. The predicted octanol–water partition coefficient (Wildman–Crippen LogP) is 2.72. The first-order valence-electron chi connectivity index (χ1n) is 8.79. The first kappa shape index (κ1) is 19.0. The molecule has 1 aliphatic rings. The number of ether oxygens (including phenoxy) is 2. The van der Waals surface area contributed by atoms with Gasteiger partial charge in [-0.05, 0) is 53.8 Å². The van der Waals surface area contributed by atoms with Crippen molar-refractivity contribution in [2.45, 2.75) is 19.3 Å². The van der Waals surface area contributed by atoms with E-state index in [-0.39, 0.29) is 18.1 Å². The molecule has 0 fully saturated rings. The summed E-state index contributed by atoms with van der Waals surface area (Å²) >= 11 is 0. The van der Waals surface area contributed by atoms with Crippen molar-refractivity contribution in [2.75, 3.05) is 20.8 Å². The van der Waals surface area contributed by atoms with E-state index in [0.717, 1.165) is 28.0 Å². The van der Waals surface area contributed by atoms with Gasteiger partial charge in [-0.3, -0.25) is 4.79 Å². The first-order valence-corrected chi connectivity index (χ1v) is 8.79. The van der Waals surface area contributed by atoms with Crippen LogP contribution in [0.5, 0.6) is 17.2 Å². The molecule has 0 amide bonds. The average molecular weight is 372 g/mol. The van der Waals surface area contributed by atoms with Gasteiger partial charge < -0.3 is 24.8 Å². The fourth-order valence-electron chi connectivity index (χ4n) is 4.11. The number of aromatic hydroxyl groups is 1. The summed E-state index contributed by atoms with van der Waals surface area (Å²) in [7, 11) is 3.05. The van der Waals surface area contributed by atoms with Crippen molar-refractivity contribution in [1.82, 2.24) is 0 Å². The van der Waals surface area contributed by atoms with Crippen LogP contribution in [0.1, 0.15) is 28.2 Å². The third-order valence-electron chi connectivity index (χ3n) is 5.42. The van der Waals surface area contributed by atoms with E-state index in [9.17, 15) is 20.1 Å². The van der Waals surface area contributed by atoms with E-state index < -0.39 is 23.7 Å². The Morgan fingerprint density at radius 3 is 2.44 bits per heavy atom. The van der Waals surface area contributed by atoms with E-state index in [0.29, 0.717) is 6.42 Å². The minimum Gasteiger partial charge on any atom is -0.504 e. The molecule has 27 heavy (non-hydrogen) atoms. The molecule has 3 N–H and O–H groups in total. The maximum absolute atomic E-state index is 12.1. The van der Waals surface area contributed by atoms with E-state index in [4.69, 9.17) is 9.47 Å². The summed E-state index contributed by atoms with van der Waals surface area (Å²) in [6.45, 7) is 1.69. The van der Waals surface area contributed by atoms with Gasteiger partial charge in [-0.15, -0.1) is 0 Å². The Bertz CT molecular complexity index is 860. The number of fused-ring (bicyclic) bond motifs is 1. The van der Waals surface area contributed by atoms with E-state index in [1.807, 2.05) is 19.1 Å². The second-order valence-corrected chi connectivity index (χ2v) is 6.94. The summed E-state index contributed by atoms with van der Waals surface area (Å²) in [5, 5.41) is 29.7. The van der Waals surface area contributed by atoms with E-state index in [2.05, 4.69) is 0 Å². The van der Waals surface area contributed by atoms with Crippen LogP contribution in [0.4, 0.5) is 0 Å². The molecule has 0 spiro atoms. The van der Waals surface area contributed by atoms with Gasteiger partial charge in [-0.1, -0.05) is 12.1 Å². The predicted molar refractivity (Wildman–Crippen MR) is 99.6 cm³/mol. The second kappa shape index (κ2) is 7.48. The summed E-state index contributed by atoms with van der Waals surface area (Å²) in [6, 6.07) is 8.77. The SMILES string of the molecule is COc1cc2c(cc1C)C(c1ccc(O)c(OC)c1)C(C(=O)O)C(CO)C2. The monoisotopic (exact) mass is 372 g/mol. The van der Waals surface area contributed by atoms with Gasteiger partial charge >= 0.3 is 5.97 Å². The van der Waals surface area contributed by atoms with Crippen molar-refractivity contribution in [2.24, 2.45) is 11.8 Å². The van der Waals surface area contributed by atoms with Crippen LogP contribution in [0.15, 0.2) is 30.3 Å². The van der Waals surface area contributed by atoms with Crippen molar-refractivity contribution < 1.29 is 29.6 Å². The highest BCUT2D eigenvalue weighted by Gasteiger charge is 2.42. The second-order valence-electron chi connectivity index (χ2n) is 6.94. The highest BCUT2D eigenvalue weighted by atomic mass is 16.5. The number of aryl methyl sites for hydroxylation is 1. The molecular formula is C21H24O6. The molecule has 3 atom stereocenters. The normalized spacial score (nSPS) is 21.4. The zero-order valence-electron chi connectivity index (χ0n) is 15.6. The topological polar surface area (TPSA) is 96.2 Å². The van der Waals surface area contributed by atoms with Gasteiger partial charge in [0.2, 0.25) is 0 Å². The minimum atomic E-state index is -0.954. The zero-order valence-corrected chi connectivity index (χ0v) is 15.6. The summed E-state index contributed by atoms with van der Waals surface area (Å²) in [5.74, 6) is -1.62. The number of aliphatic carboxylic acids is 1. The van der Waals surface area contributed by atoms with Crippen LogP contribution in [-0.2, 0) is 11.2 Å². The number of benzene rings is 2. The van der Waals surface area contributed by atoms with Crippen LogP contribution in [0.3, 0.4) is 0 Å². The first-order chi connectivity index (χ1) is 12.9. The maximum Gasteiger partial charge on any atom is 0.307 e. The summed E-state index contributed by atoms with van der Waals surface area (Å²) in [4.78, 5) is 12.1. The molecule has 0 saturated carbocycles. The third kappa shape index (κ3) is 3.32. The van der Waals surface area contributed by atoms with Gasteiger partial charge in [0.05, 0.1) is 20.1 Å². The molecule has 0 saturated heterocycles. The highest BCUT2D eigenvalue weighted by molar-refractivity contribution is 5.74. The Morgan fingerprint density at radius 1 is 1.15 bits per heavy atom. The van der Waals surface area contributed by atoms with Crippen LogP contribution in [0, 0.1) is 18.8 Å². The summed E-state index contributed by atoms with van der Waals surface area (Å²) in [5.41, 5.74) is 3.50. The molecule has 144 valence electrons. The lowest BCUT2D eigenvalue weighted by molar-refractivity contribution is -0.145. The molecule has 2 aromatic rings. The fourth-order valence-corrected chi connectivity index (χ4v) is 4.11. The molecule has 3 rings (SSSR count). The standard InChI is InChI=1S/C21H24O6/c1-11-6-15-13(9-17(11)26-2)7-14(10-22)20(21(24)25)19(15)12-4-5-16(23)18(8-12)27-3/h4-6,8-9,14,19-20,22-23H,7,10H2,1-3H3,(H,24,25). The molecule has 0 heterocycles. The number of rotatable bonds is 5. The molecule has 0 bridgehead atoms. The van der Waals surface area contributed by atoms with Crippen LogP contribution in [0.25, 0.3) is 0 Å². The molecule has 0 aromatic heterocycles. The Kier molecular flexibility index (Phi) is 5.28. The quantitative estimate of drug-likeness (QED) is 0.747. The van der Waals surface area contributed by atoms with Crippen molar-refractivity contribution in [3.63, 3.8) is 0 Å². The van der Waals surface area contributed by atoms with Crippen molar-refractivity contribution >= 4 is 5.97 Å². The summed E-state index contributed by atoms with van der Waals surface area (Å²) < 4.78 is 10.6. The molecule has 2 aromatic carbocycles. The van der Waals surface area contributed by atoms with Gasteiger partial charge in [-0.25, -0.2) is 0 Å². The average Bonchev–Trinajstić information content (AvgIpc) is 2.66. The highest BCUT2D eigenvalue weighted by Crippen LogP contribution is 2.46. The zero-order chi connectivity index (χ0) is 19.7. The lowest BCUT2D eigenvalue weighted by Crippen LogP contribution is -2.38. The molecule has 6 heteroatoms. The van der Waals surface area contributed by atoms with Gasteiger partial charge in [0.1, 0.15) is 5.75 Å². The van der Waals surface area contributed by atoms with Crippen LogP contribution in [0.2, 0.25) is 0 Å². The number of carboxylic acid groups (broad SMARTS) is 1. The van der Waals surface area contributed by atoms with Gasteiger partial charge in [0.25, 0.3) is 0 Å². The van der Waals surface area contributed by atoms with Crippen LogP contribution >= 0.6 is 0 Å². The summed E-state index contributed by atoms with van der Waals surface area (Å²) in [6.07, 6.45) is 0.463. The Morgan fingerprint density at radius 2 is 1.85 bits per heavy atom. The number of methoxy groups -OCH3 is 2. The number of carbonyl (C=O) groups is 1. The van der Waals surface area contributed by atoms with Gasteiger partial charge in [-0.2, -0.15) is 0 Å². The molecule has 0 aliphatic heterocycles. The number of phenols is 1. The van der Waals surface area contributed by atoms with E-state index in [1.165, 1.54) is 13.2 Å². The van der Waals surface area contributed by atoms with Crippen molar-refractivity contribution in [3.8, 4) is 17.2 Å². The molecule has 1 aliphatic carbocycles. The smallest absolute Gasteiger partial charge is 0.307 e. The Labute approximate surface area is 158 Å². The van der Waals surface area contributed by atoms with Crippen LogP contribution < -0.4 is 9.47 Å². The van der Waals surface area contributed by atoms with E-state index >= 15 is 0 Å². The molecular weight excluding hydrogens is 348 g/mol. The van der Waals surface area contributed by atoms with E-state index in [1.54, 1.807) is 19.2 Å². The molecule has 0 radical (unpaired) electrons. The lowest BCUT2D eigenvalue weighted by Gasteiger charge is -2.37. The number of phenolic OH excluding ortho intramolecular Hbond substituents is 1. The molecule has 6 nitrogen and oxygen atoms in total. The maximum atomic E-state index is 12.1. The van der Waals surface area contributed by atoms with Crippen molar-refractivity contribution in [1.29, 1.82) is 0 Å². The third-order valence-corrected chi connectivity index (χ3v) is 5.42. The number of aliphatic hydroxyl groups is 1. The number of aliphatic hydroxyl groups excluding tert-OH is 1. The number of carboxylic acids is 1. The Balaban J connectivity index is 2.24. The number of hydrogen-bond acceptors (Lipinski definition) is 5. The van der Waals surface area contributed by atoms with Crippen LogP contribution in [-0.4, -0.2) is 42.1 Å². The molecule has 3 unspecified atom stereocenters. The van der Waals surface area contributed by atoms with Crippen molar-refractivity contribution in [3.05, 3.63) is 52.6 Å². The lowest BCUT2D eigenvalue weighted by atomic mass is 9.66. The largest absolute Gasteiger partial charge is 0.504 e. The van der Waals surface area contributed by atoms with Gasteiger partial charge in [0, 0.05) is 18.4 Å². The number of hydrogen-bond donors (Lipinski definition) is 3. The minimum absolute atomic E-state index is 0.00576.